The number of rotatable bonds is 8. The van der Waals surface area contributed by atoms with Crippen LogP contribution in [0.1, 0.15) is 60.8 Å². The summed E-state index contributed by atoms with van der Waals surface area (Å²) in [6.07, 6.45) is 2.66. The first-order chi connectivity index (χ1) is 10.1. The minimum atomic E-state index is -0.492. The summed E-state index contributed by atoms with van der Waals surface area (Å²) in [5.74, 6) is 0.898. The Balaban J connectivity index is 4.39. The average Bonchev–Trinajstić information content (AvgIpc) is 2.37. The predicted molar refractivity (Wildman–Crippen MR) is 92.0 cm³/mol. The molecule has 0 saturated heterocycles. The molecule has 0 saturated carbocycles. The van der Waals surface area contributed by atoms with Crippen molar-refractivity contribution in [3.8, 4) is 0 Å². The topological polar surface area (TPSA) is 88.7 Å². The fourth-order valence-electron chi connectivity index (χ4n) is 1.73. The van der Waals surface area contributed by atoms with E-state index >= 15 is 0 Å². The van der Waals surface area contributed by atoms with Crippen LogP contribution in [0.2, 0.25) is 0 Å². The maximum atomic E-state index is 11.7. The number of nitrogens with two attached hydrogens (primary N) is 1. The quantitative estimate of drug-likeness (QED) is 0.474. The summed E-state index contributed by atoms with van der Waals surface area (Å²) in [6.45, 7) is 13.0. The fourth-order valence-corrected chi connectivity index (χ4v) is 1.73. The molecule has 0 aliphatic rings. The number of carbonyl (C=O) groups is 1. The summed E-state index contributed by atoms with van der Waals surface area (Å²) in [7, 11) is 0. The number of guanidine groups is 1. The number of unbranched alkanes of at least 4 members (excludes halogenated alkanes) is 1. The number of aliphatic imine (C=N–C) groups is 1. The molecule has 0 radical (unpaired) electrons. The lowest BCUT2D eigenvalue weighted by Gasteiger charge is -2.23. The van der Waals surface area contributed by atoms with Crippen LogP contribution in [-0.4, -0.2) is 36.8 Å². The number of hydrogen-bond donors (Lipinski definition) is 3. The zero-order chi connectivity index (χ0) is 17.2. The van der Waals surface area contributed by atoms with Crippen molar-refractivity contribution in [2.75, 3.05) is 13.1 Å². The number of hydrogen-bond acceptors (Lipinski definition) is 3. The maximum Gasteiger partial charge on any atom is 0.407 e. The molecule has 1 unspecified atom stereocenters. The van der Waals surface area contributed by atoms with Gasteiger partial charge in [-0.3, -0.25) is 4.99 Å². The minimum absolute atomic E-state index is 0.0587. The molecule has 6 nitrogen and oxygen atoms in total. The van der Waals surface area contributed by atoms with Gasteiger partial charge in [-0.15, -0.1) is 0 Å². The van der Waals surface area contributed by atoms with Gasteiger partial charge >= 0.3 is 6.09 Å². The van der Waals surface area contributed by atoms with Crippen LogP contribution >= 0.6 is 0 Å². The van der Waals surface area contributed by atoms with E-state index < -0.39 is 11.7 Å². The van der Waals surface area contributed by atoms with Crippen LogP contribution in [0.3, 0.4) is 0 Å². The number of alkyl carbamates (subject to hydrolysis) is 1. The van der Waals surface area contributed by atoms with Gasteiger partial charge in [-0.1, -0.05) is 33.6 Å². The summed E-state index contributed by atoms with van der Waals surface area (Å²) in [6, 6.07) is 0.0587. The largest absolute Gasteiger partial charge is 0.444 e. The molecule has 1 amide bonds. The van der Waals surface area contributed by atoms with Gasteiger partial charge in [-0.25, -0.2) is 4.79 Å². The second-order valence-corrected chi connectivity index (χ2v) is 6.99. The number of amides is 1. The van der Waals surface area contributed by atoms with E-state index in [1.54, 1.807) is 0 Å². The van der Waals surface area contributed by atoms with Crippen LogP contribution in [-0.2, 0) is 4.74 Å². The summed E-state index contributed by atoms with van der Waals surface area (Å²) in [5, 5.41) is 5.97. The Labute approximate surface area is 135 Å². The molecular weight excluding hydrogens is 280 g/mol. The highest BCUT2D eigenvalue weighted by Gasteiger charge is 2.17. The van der Waals surface area contributed by atoms with E-state index in [-0.39, 0.29) is 6.04 Å². The molecule has 0 aliphatic carbocycles. The highest BCUT2D eigenvalue weighted by Crippen LogP contribution is 2.07. The first-order valence-electron chi connectivity index (χ1n) is 8.17. The van der Waals surface area contributed by atoms with Crippen LogP contribution in [0.15, 0.2) is 4.99 Å². The van der Waals surface area contributed by atoms with Gasteiger partial charge < -0.3 is 21.1 Å². The lowest BCUT2D eigenvalue weighted by Crippen LogP contribution is -2.47. The van der Waals surface area contributed by atoms with E-state index in [0.29, 0.717) is 25.0 Å². The van der Waals surface area contributed by atoms with Gasteiger partial charge in [0.25, 0.3) is 0 Å². The zero-order valence-electron chi connectivity index (χ0n) is 15.0. The van der Waals surface area contributed by atoms with E-state index in [2.05, 4.69) is 36.4 Å². The molecule has 0 fully saturated rings. The number of carbonyl (C=O) groups excluding carboxylic acids is 1. The maximum absolute atomic E-state index is 11.7. The predicted octanol–water partition coefficient (Wildman–Crippen LogP) is 2.63. The molecule has 130 valence electrons. The Morgan fingerprint density at radius 2 is 1.95 bits per heavy atom. The molecule has 0 aliphatic heterocycles. The molecule has 6 heteroatoms. The van der Waals surface area contributed by atoms with Gasteiger partial charge in [0.2, 0.25) is 0 Å². The van der Waals surface area contributed by atoms with Crippen molar-refractivity contribution in [2.24, 2.45) is 16.6 Å². The highest BCUT2D eigenvalue weighted by molar-refractivity contribution is 5.78. The first-order valence-corrected chi connectivity index (χ1v) is 8.17. The van der Waals surface area contributed by atoms with E-state index in [9.17, 15) is 4.79 Å². The highest BCUT2D eigenvalue weighted by atomic mass is 16.6. The standard InChI is InChI=1S/C16H34N4O2/c1-7-8-9-13(20-14(17)18-10-12(2)3)11-19-15(21)22-16(4,5)6/h12-13H,7-11H2,1-6H3,(H,19,21)(H3,17,18,20). The van der Waals surface area contributed by atoms with E-state index in [0.717, 1.165) is 19.3 Å². The lowest BCUT2D eigenvalue weighted by molar-refractivity contribution is 0.0523. The third-order valence-electron chi connectivity index (χ3n) is 2.78. The molecule has 0 spiro atoms. The Bertz CT molecular complexity index is 349. The summed E-state index contributed by atoms with van der Waals surface area (Å²) < 4.78 is 5.24. The summed E-state index contributed by atoms with van der Waals surface area (Å²) in [5.41, 5.74) is 5.41. The minimum Gasteiger partial charge on any atom is -0.444 e. The summed E-state index contributed by atoms with van der Waals surface area (Å²) >= 11 is 0. The summed E-state index contributed by atoms with van der Waals surface area (Å²) in [4.78, 5) is 16.0. The van der Waals surface area contributed by atoms with E-state index in [1.165, 1.54) is 0 Å². The number of ether oxygens (including phenoxy) is 1. The Hall–Kier alpha value is -1.46. The Morgan fingerprint density at radius 3 is 2.45 bits per heavy atom. The second kappa shape index (κ2) is 10.3. The van der Waals surface area contributed by atoms with Gasteiger partial charge in [-0.05, 0) is 33.1 Å². The Kier molecular flexibility index (Phi) is 9.61. The normalized spacial score (nSPS) is 13.9. The SMILES string of the molecule is CCCCC(CNC(=O)OC(C)(C)C)NC(N)=NCC(C)C. The average molecular weight is 314 g/mol. The molecule has 0 aromatic carbocycles. The molecule has 4 N–H and O–H groups in total. The Morgan fingerprint density at radius 1 is 1.32 bits per heavy atom. The number of nitrogens with one attached hydrogen (secondary N) is 2. The van der Waals surface area contributed by atoms with Gasteiger partial charge in [0.05, 0.1) is 0 Å². The van der Waals surface area contributed by atoms with Gasteiger partial charge in [-0.2, -0.15) is 0 Å². The molecule has 0 heterocycles. The molecule has 0 bridgehead atoms. The third-order valence-corrected chi connectivity index (χ3v) is 2.78. The third kappa shape index (κ3) is 12.3. The van der Waals surface area contributed by atoms with Crippen molar-refractivity contribution in [3.63, 3.8) is 0 Å². The van der Waals surface area contributed by atoms with Crippen molar-refractivity contribution in [1.82, 2.24) is 10.6 Å². The molecule has 0 aromatic rings. The van der Waals surface area contributed by atoms with Crippen LogP contribution in [0.25, 0.3) is 0 Å². The van der Waals surface area contributed by atoms with Crippen molar-refractivity contribution in [1.29, 1.82) is 0 Å². The molecule has 0 aromatic heterocycles. The van der Waals surface area contributed by atoms with Crippen molar-refractivity contribution in [2.45, 2.75) is 72.4 Å². The fraction of sp³-hybridized carbons (Fsp3) is 0.875. The monoisotopic (exact) mass is 314 g/mol. The molecular formula is C16H34N4O2. The first kappa shape index (κ1) is 20.5. The van der Waals surface area contributed by atoms with Crippen molar-refractivity contribution in [3.05, 3.63) is 0 Å². The van der Waals surface area contributed by atoms with Gasteiger partial charge in [0, 0.05) is 19.1 Å². The van der Waals surface area contributed by atoms with E-state index in [1.807, 2.05) is 20.8 Å². The smallest absolute Gasteiger partial charge is 0.407 e. The lowest BCUT2D eigenvalue weighted by atomic mass is 10.1. The van der Waals surface area contributed by atoms with Gasteiger partial charge in [0.15, 0.2) is 5.96 Å². The van der Waals surface area contributed by atoms with Crippen molar-refractivity contribution < 1.29 is 9.53 Å². The van der Waals surface area contributed by atoms with E-state index in [4.69, 9.17) is 10.5 Å². The number of nitrogens with zero attached hydrogens (tertiary/aromatic N) is 1. The molecule has 0 rings (SSSR count). The zero-order valence-corrected chi connectivity index (χ0v) is 15.0. The van der Waals surface area contributed by atoms with Crippen LogP contribution in [0, 0.1) is 5.92 Å². The van der Waals surface area contributed by atoms with Crippen molar-refractivity contribution >= 4 is 12.1 Å². The molecule has 1 atom stereocenters. The van der Waals surface area contributed by atoms with Crippen LogP contribution in [0.5, 0.6) is 0 Å². The second-order valence-electron chi connectivity index (χ2n) is 6.99. The van der Waals surface area contributed by atoms with Crippen LogP contribution in [0.4, 0.5) is 4.79 Å². The van der Waals surface area contributed by atoms with Crippen LogP contribution < -0.4 is 16.4 Å². The van der Waals surface area contributed by atoms with Gasteiger partial charge in [0.1, 0.15) is 5.60 Å². The molecule has 22 heavy (non-hydrogen) atoms.